The monoisotopic (exact) mass is 311 g/mol. The van der Waals surface area contributed by atoms with E-state index in [2.05, 4.69) is 6.58 Å². The minimum Gasteiger partial charge on any atom is -0.493 e. The second kappa shape index (κ2) is 8.03. The SMILES string of the molecule is C=C(c1ccccc1)N(C=O)CCc1ccc(OC)c(OC)c1. The first-order valence-corrected chi connectivity index (χ1v) is 7.36. The first kappa shape index (κ1) is 16.6. The van der Waals surface area contributed by atoms with Crippen LogP contribution in [-0.4, -0.2) is 32.1 Å². The van der Waals surface area contributed by atoms with Crippen LogP contribution in [0, 0.1) is 0 Å². The van der Waals surface area contributed by atoms with Crippen LogP contribution in [0.15, 0.2) is 55.1 Å². The second-order valence-electron chi connectivity index (χ2n) is 5.05. The van der Waals surface area contributed by atoms with Gasteiger partial charge in [-0.3, -0.25) is 4.79 Å². The van der Waals surface area contributed by atoms with Gasteiger partial charge in [-0.1, -0.05) is 43.0 Å². The minimum absolute atomic E-state index is 0.548. The van der Waals surface area contributed by atoms with E-state index < -0.39 is 0 Å². The summed E-state index contributed by atoms with van der Waals surface area (Å²) in [6.45, 7) is 4.57. The van der Waals surface area contributed by atoms with Gasteiger partial charge in [-0.05, 0) is 29.7 Å². The molecule has 0 saturated heterocycles. The van der Waals surface area contributed by atoms with Gasteiger partial charge in [-0.2, -0.15) is 0 Å². The number of hydrogen-bond acceptors (Lipinski definition) is 3. The van der Waals surface area contributed by atoms with Crippen molar-refractivity contribution >= 4 is 12.1 Å². The zero-order chi connectivity index (χ0) is 16.7. The topological polar surface area (TPSA) is 38.8 Å². The molecule has 0 atom stereocenters. The highest BCUT2D eigenvalue weighted by atomic mass is 16.5. The van der Waals surface area contributed by atoms with Gasteiger partial charge in [0.05, 0.1) is 14.2 Å². The molecule has 2 aromatic carbocycles. The predicted molar refractivity (Wildman–Crippen MR) is 91.5 cm³/mol. The molecule has 0 aliphatic rings. The van der Waals surface area contributed by atoms with E-state index in [-0.39, 0.29) is 0 Å². The molecule has 2 rings (SSSR count). The fourth-order valence-electron chi connectivity index (χ4n) is 2.33. The molecule has 1 amide bonds. The molecule has 0 bridgehead atoms. The summed E-state index contributed by atoms with van der Waals surface area (Å²) >= 11 is 0. The Morgan fingerprint density at radius 3 is 2.39 bits per heavy atom. The van der Waals surface area contributed by atoms with Gasteiger partial charge in [0.25, 0.3) is 0 Å². The lowest BCUT2D eigenvalue weighted by molar-refractivity contribution is -0.115. The number of carbonyl (C=O) groups is 1. The Balaban J connectivity index is 2.06. The third-order valence-electron chi connectivity index (χ3n) is 3.67. The highest BCUT2D eigenvalue weighted by Gasteiger charge is 2.10. The van der Waals surface area contributed by atoms with Crippen molar-refractivity contribution in [2.75, 3.05) is 20.8 Å². The maximum atomic E-state index is 11.4. The van der Waals surface area contributed by atoms with Crippen LogP contribution in [0.5, 0.6) is 11.5 Å². The van der Waals surface area contributed by atoms with Crippen LogP contribution in [0.3, 0.4) is 0 Å². The van der Waals surface area contributed by atoms with Crippen LogP contribution in [0.2, 0.25) is 0 Å². The Morgan fingerprint density at radius 2 is 1.78 bits per heavy atom. The first-order valence-electron chi connectivity index (χ1n) is 7.36. The molecule has 0 saturated carbocycles. The number of rotatable bonds is 8. The normalized spacial score (nSPS) is 10.0. The fourth-order valence-corrected chi connectivity index (χ4v) is 2.33. The van der Waals surface area contributed by atoms with Crippen LogP contribution < -0.4 is 9.47 Å². The van der Waals surface area contributed by atoms with Gasteiger partial charge in [0, 0.05) is 12.2 Å². The molecule has 2 aromatic rings. The molecule has 0 aliphatic heterocycles. The summed E-state index contributed by atoms with van der Waals surface area (Å²) in [6, 6.07) is 15.4. The molecule has 0 radical (unpaired) electrons. The molecule has 0 spiro atoms. The molecule has 4 nitrogen and oxygen atoms in total. The summed E-state index contributed by atoms with van der Waals surface area (Å²) in [5.41, 5.74) is 2.70. The summed E-state index contributed by atoms with van der Waals surface area (Å²) in [6.07, 6.45) is 1.51. The Bertz CT molecular complexity index is 668. The van der Waals surface area contributed by atoms with E-state index in [9.17, 15) is 4.79 Å². The van der Waals surface area contributed by atoms with Gasteiger partial charge in [0.2, 0.25) is 6.41 Å². The Hall–Kier alpha value is -2.75. The van der Waals surface area contributed by atoms with Crippen molar-refractivity contribution in [1.82, 2.24) is 4.90 Å². The summed E-state index contributed by atoms with van der Waals surface area (Å²) in [7, 11) is 3.21. The van der Waals surface area contributed by atoms with Crippen molar-refractivity contribution in [2.24, 2.45) is 0 Å². The number of ether oxygens (including phenoxy) is 2. The van der Waals surface area contributed by atoms with Crippen LogP contribution in [0.25, 0.3) is 5.70 Å². The van der Waals surface area contributed by atoms with E-state index in [0.29, 0.717) is 30.2 Å². The third-order valence-corrected chi connectivity index (χ3v) is 3.67. The van der Waals surface area contributed by atoms with Gasteiger partial charge in [0.1, 0.15) is 0 Å². The van der Waals surface area contributed by atoms with E-state index in [1.165, 1.54) is 0 Å². The first-order chi connectivity index (χ1) is 11.2. The van der Waals surface area contributed by atoms with E-state index in [1.807, 2.05) is 48.5 Å². The van der Waals surface area contributed by atoms with Crippen molar-refractivity contribution in [3.05, 3.63) is 66.2 Å². The number of methoxy groups -OCH3 is 2. The molecule has 0 unspecified atom stereocenters. The average molecular weight is 311 g/mol. The number of amides is 1. The molecule has 0 aromatic heterocycles. The largest absolute Gasteiger partial charge is 0.493 e. The van der Waals surface area contributed by atoms with E-state index in [0.717, 1.165) is 17.5 Å². The Morgan fingerprint density at radius 1 is 1.09 bits per heavy atom. The highest BCUT2D eigenvalue weighted by Crippen LogP contribution is 2.28. The number of nitrogens with zero attached hydrogens (tertiary/aromatic N) is 1. The molecule has 0 heterocycles. The van der Waals surface area contributed by atoms with Gasteiger partial charge in [-0.15, -0.1) is 0 Å². The standard InChI is InChI=1S/C19H21NO3/c1-15(17-7-5-4-6-8-17)20(14-21)12-11-16-9-10-18(22-2)19(13-16)23-3/h4-10,13-14H,1,11-12H2,2-3H3. The average Bonchev–Trinajstić information content (AvgIpc) is 2.62. The van der Waals surface area contributed by atoms with Gasteiger partial charge in [0.15, 0.2) is 11.5 Å². The Kier molecular flexibility index (Phi) is 5.80. The molecule has 120 valence electrons. The lowest BCUT2D eigenvalue weighted by Gasteiger charge is -2.20. The zero-order valence-electron chi connectivity index (χ0n) is 13.5. The summed E-state index contributed by atoms with van der Waals surface area (Å²) in [4.78, 5) is 13.0. The highest BCUT2D eigenvalue weighted by molar-refractivity contribution is 5.72. The molecule has 4 heteroatoms. The number of carbonyl (C=O) groups excluding carboxylic acids is 1. The van der Waals surface area contributed by atoms with Gasteiger partial charge < -0.3 is 14.4 Å². The van der Waals surface area contributed by atoms with Gasteiger partial charge >= 0.3 is 0 Å². The van der Waals surface area contributed by atoms with Crippen molar-refractivity contribution < 1.29 is 14.3 Å². The predicted octanol–water partition coefficient (Wildman–Crippen LogP) is 3.38. The number of hydrogen-bond donors (Lipinski definition) is 0. The zero-order valence-corrected chi connectivity index (χ0v) is 13.5. The summed E-state index contributed by atoms with van der Waals surface area (Å²) < 4.78 is 10.5. The summed E-state index contributed by atoms with van der Waals surface area (Å²) in [5.74, 6) is 1.38. The smallest absolute Gasteiger partial charge is 0.214 e. The van der Waals surface area contributed by atoms with Gasteiger partial charge in [-0.25, -0.2) is 0 Å². The van der Waals surface area contributed by atoms with Crippen LogP contribution in [-0.2, 0) is 11.2 Å². The molecule has 0 aliphatic carbocycles. The maximum absolute atomic E-state index is 11.4. The minimum atomic E-state index is 0.548. The fraction of sp³-hybridized carbons (Fsp3) is 0.211. The van der Waals surface area contributed by atoms with Crippen molar-refractivity contribution in [2.45, 2.75) is 6.42 Å². The molecule has 0 fully saturated rings. The second-order valence-corrected chi connectivity index (χ2v) is 5.05. The molecule has 0 N–H and O–H groups in total. The van der Waals surface area contributed by atoms with Crippen LogP contribution in [0.4, 0.5) is 0 Å². The lowest BCUT2D eigenvalue weighted by atomic mass is 10.1. The maximum Gasteiger partial charge on any atom is 0.214 e. The van der Waals surface area contributed by atoms with E-state index in [4.69, 9.17) is 9.47 Å². The van der Waals surface area contributed by atoms with Crippen molar-refractivity contribution in [1.29, 1.82) is 0 Å². The number of benzene rings is 2. The lowest BCUT2D eigenvalue weighted by Crippen LogP contribution is -2.22. The summed E-state index contributed by atoms with van der Waals surface area (Å²) in [5, 5.41) is 0. The van der Waals surface area contributed by atoms with Crippen LogP contribution in [0.1, 0.15) is 11.1 Å². The van der Waals surface area contributed by atoms with E-state index >= 15 is 0 Å². The molecule has 23 heavy (non-hydrogen) atoms. The molecular weight excluding hydrogens is 290 g/mol. The Labute approximate surface area is 137 Å². The van der Waals surface area contributed by atoms with Crippen LogP contribution >= 0.6 is 0 Å². The van der Waals surface area contributed by atoms with E-state index in [1.54, 1.807) is 19.1 Å². The molecular formula is C19H21NO3. The third kappa shape index (κ3) is 4.13. The quantitative estimate of drug-likeness (QED) is 0.702. The van der Waals surface area contributed by atoms with Crippen molar-refractivity contribution in [3.63, 3.8) is 0 Å². The van der Waals surface area contributed by atoms with Crippen molar-refractivity contribution in [3.8, 4) is 11.5 Å².